The van der Waals surface area contributed by atoms with Crippen LogP contribution >= 0.6 is 0 Å². The lowest BCUT2D eigenvalue weighted by Gasteiger charge is -2.14. The number of likely N-dealkylation sites (N-methyl/N-ethyl adjacent to an activating group) is 1. The summed E-state index contributed by atoms with van der Waals surface area (Å²) in [6.45, 7) is 0.394. The van der Waals surface area contributed by atoms with Crippen molar-refractivity contribution in [2.45, 2.75) is 12.6 Å². The predicted octanol–water partition coefficient (Wildman–Crippen LogP) is 0.357. The molecule has 7 heteroatoms. The van der Waals surface area contributed by atoms with Gasteiger partial charge in [-0.3, -0.25) is 14.3 Å². The van der Waals surface area contributed by atoms with E-state index in [1.807, 2.05) is 19.2 Å². The van der Waals surface area contributed by atoms with E-state index in [2.05, 4.69) is 21.0 Å². The molecule has 0 aliphatic heterocycles. The Kier molecular flexibility index (Phi) is 5.48. The smallest absolute Gasteiger partial charge is 0.251 e. The molecular formula is C16H21N5O2. The molecule has 0 aliphatic carbocycles. The largest absolute Gasteiger partial charge is 0.355 e. The number of aromatic nitrogens is 2. The number of aryl methyl sites for hydroxylation is 1. The molecule has 1 aromatic heterocycles. The normalized spacial score (nSPS) is 11.8. The first-order valence-electron chi connectivity index (χ1n) is 7.29. The zero-order valence-corrected chi connectivity index (χ0v) is 13.5. The number of hydrogen-bond donors (Lipinski definition) is 3. The third-order valence-corrected chi connectivity index (χ3v) is 3.52. The van der Waals surface area contributed by atoms with E-state index in [-0.39, 0.29) is 11.8 Å². The highest BCUT2D eigenvalue weighted by Gasteiger charge is 2.19. The second kappa shape index (κ2) is 7.55. The van der Waals surface area contributed by atoms with E-state index in [1.165, 1.54) is 0 Å². The molecule has 0 saturated carbocycles. The van der Waals surface area contributed by atoms with Crippen molar-refractivity contribution in [3.05, 3.63) is 53.3 Å². The minimum atomic E-state index is -0.450. The van der Waals surface area contributed by atoms with Gasteiger partial charge in [0.05, 0.1) is 6.20 Å². The van der Waals surface area contributed by atoms with Crippen molar-refractivity contribution in [2.75, 3.05) is 14.1 Å². The van der Waals surface area contributed by atoms with Crippen LogP contribution in [0.2, 0.25) is 0 Å². The fraction of sp³-hybridized carbons (Fsp3) is 0.312. The maximum atomic E-state index is 12.3. The lowest BCUT2D eigenvalue weighted by atomic mass is 10.1. The van der Waals surface area contributed by atoms with Gasteiger partial charge in [-0.15, -0.1) is 0 Å². The number of hydrogen-bond acceptors (Lipinski definition) is 4. The van der Waals surface area contributed by atoms with Crippen LogP contribution in [-0.2, 0) is 18.4 Å². The first-order valence-corrected chi connectivity index (χ1v) is 7.29. The van der Waals surface area contributed by atoms with Crippen LogP contribution in [0.15, 0.2) is 36.7 Å². The number of rotatable bonds is 6. The summed E-state index contributed by atoms with van der Waals surface area (Å²) in [5, 5.41) is 12.5. The number of nitrogens with one attached hydrogen (secondary N) is 3. The van der Waals surface area contributed by atoms with E-state index < -0.39 is 6.04 Å². The van der Waals surface area contributed by atoms with Gasteiger partial charge in [0, 0.05) is 38.0 Å². The summed E-state index contributed by atoms with van der Waals surface area (Å²) >= 11 is 0. The number of carbonyl (C=O) groups excluding carboxylic acids is 2. The highest BCUT2D eigenvalue weighted by molar-refractivity contribution is 5.93. The van der Waals surface area contributed by atoms with E-state index in [1.54, 1.807) is 43.3 Å². The van der Waals surface area contributed by atoms with Gasteiger partial charge in [0.2, 0.25) is 5.91 Å². The molecule has 0 fully saturated rings. The Labute approximate surface area is 135 Å². The van der Waals surface area contributed by atoms with Crippen molar-refractivity contribution in [1.82, 2.24) is 25.7 Å². The molecule has 1 atom stereocenters. The first-order chi connectivity index (χ1) is 11.0. The molecule has 7 nitrogen and oxygen atoms in total. The van der Waals surface area contributed by atoms with Gasteiger partial charge in [-0.25, -0.2) is 0 Å². The van der Waals surface area contributed by atoms with Crippen LogP contribution < -0.4 is 16.0 Å². The Balaban J connectivity index is 1.96. The molecule has 122 valence electrons. The second-order valence-corrected chi connectivity index (χ2v) is 5.16. The van der Waals surface area contributed by atoms with E-state index in [9.17, 15) is 9.59 Å². The van der Waals surface area contributed by atoms with Gasteiger partial charge >= 0.3 is 0 Å². The van der Waals surface area contributed by atoms with Gasteiger partial charge < -0.3 is 16.0 Å². The molecule has 2 rings (SSSR count). The lowest BCUT2D eigenvalue weighted by Crippen LogP contribution is -2.35. The zero-order chi connectivity index (χ0) is 16.8. The molecule has 1 aromatic carbocycles. The summed E-state index contributed by atoms with van der Waals surface area (Å²) in [4.78, 5) is 23.8. The van der Waals surface area contributed by atoms with E-state index in [0.29, 0.717) is 12.1 Å². The molecule has 1 heterocycles. The summed E-state index contributed by atoms with van der Waals surface area (Å²) in [6, 6.07) is 6.66. The van der Waals surface area contributed by atoms with Gasteiger partial charge in [0.1, 0.15) is 6.04 Å². The summed E-state index contributed by atoms with van der Waals surface area (Å²) < 4.78 is 1.66. The Bertz CT molecular complexity index is 678. The fourth-order valence-electron chi connectivity index (χ4n) is 2.25. The van der Waals surface area contributed by atoms with Gasteiger partial charge in [0.25, 0.3) is 5.91 Å². The highest BCUT2D eigenvalue weighted by Crippen LogP contribution is 2.12. The predicted molar refractivity (Wildman–Crippen MR) is 86.7 cm³/mol. The molecule has 2 aromatic rings. The minimum Gasteiger partial charge on any atom is -0.355 e. The minimum absolute atomic E-state index is 0.129. The van der Waals surface area contributed by atoms with Crippen LogP contribution in [-0.4, -0.2) is 35.7 Å². The highest BCUT2D eigenvalue weighted by atomic mass is 16.2. The Morgan fingerprint density at radius 3 is 2.43 bits per heavy atom. The average molecular weight is 315 g/mol. The number of nitrogens with zero attached hydrogens (tertiary/aromatic N) is 2. The summed E-state index contributed by atoms with van der Waals surface area (Å²) in [5.41, 5.74) is 2.32. The molecule has 3 N–H and O–H groups in total. The van der Waals surface area contributed by atoms with Gasteiger partial charge in [0.15, 0.2) is 0 Å². The molecule has 0 saturated heterocycles. The van der Waals surface area contributed by atoms with Crippen LogP contribution in [0.4, 0.5) is 0 Å². The summed E-state index contributed by atoms with van der Waals surface area (Å²) in [6.07, 6.45) is 3.47. The molecule has 23 heavy (non-hydrogen) atoms. The van der Waals surface area contributed by atoms with Crippen LogP contribution in [0.1, 0.15) is 27.5 Å². The average Bonchev–Trinajstić information content (AvgIpc) is 2.99. The topological polar surface area (TPSA) is 88.1 Å². The van der Waals surface area contributed by atoms with Gasteiger partial charge in [-0.2, -0.15) is 5.10 Å². The number of carbonyl (C=O) groups is 2. The zero-order valence-electron chi connectivity index (χ0n) is 13.5. The van der Waals surface area contributed by atoms with Crippen molar-refractivity contribution in [1.29, 1.82) is 0 Å². The standard InChI is InChI=1S/C16H21N5O2/c1-17-14(13-9-20-21(3)10-13)16(23)19-8-11-4-6-12(7-5-11)15(22)18-2/h4-7,9-10,14,17H,8H2,1-3H3,(H,18,22)(H,19,23). The summed E-state index contributed by atoms with van der Waals surface area (Å²) in [7, 11) is 5.13. The van der Waals surface area contributed by atoms with Crippen LogP contribution in [0.5, 0.6) is 0 Å². The molecular weight excluding hydrogens is 294 g/mol. The molecule has 0 bridgehead atoms. The molecule has 2 amide bonds. The third kappa shape index (κ3) is 4.17. The Morgan fingerprint density at radius 2 is 1.91 bits per heavy atom. The number of benzene rings is 1. The van der Waals surface area contributed by atoms with E-state index >= 15 is 0 Å². The number of amides is 2. The Morgan fingerprint density at radius 1 is 1.22 bits per heavy atom. The molecule has 0 aliphatic rings. The second-order valence-electron chi connectivity index (χ2n) is 5.16. The quantitative estimate of drug-likeness (QED) is 0.718. The fourth-order valence-corrected chi connectivity index (χ4v) is 2.25. The third-order valence-electron chi connectivity index (χ3n) is 3.52. The van der Waals surface area contributed by atoms with Crippen molar-refractivity contribution >= 4 is 11.8 Å². The molecule has 0 spiro atoms. The van der Waals surface area contributed by atoms with Crippen molar-refractivity contribution in [2.24, 2.45) is 7.05 Å². The monoisotopic (exact) mass is 315 g/mol. The SMILES string of the molecule is CNC(=O)c1ccc(CNC(=O)C(NC)c2cnn(C)c2)cc1. The molecule has 1 unspecified atom stereocenters. The van der Waals surface area contributed by atoms with Gasteiger partial charge in [-0.1, -0.05) is 12.1 Å². The van der Waals surface area contributed by atoms with Crippen molar-refractivity contribution in [3.8, 4) is 0 Å². The van der Waals surface area contributed by atoms with E-state index in [0.717, 1.165) is 11.1 Å². The maximum absolute atomic E-state index is 12.3. The van der Waals surface area contributed by atoms with Crippen LogP contribution in [0.3, 0.4) is 0 Å². The van der Waals surface area contributed by atoms with Crippen LogP contribution in [0, 0.1) is 0 Å². The lowest BCUT2D eigenvalue weighted by molar-refractivity contribution is -0.123. The van der Waals surface area contributed by atoms with Gasteiger partial charge in [-0.05, 0) is 24.7 Å². The Hall–Kier alpha value is -2.67. The molecule has 0 radical (unpaired) electrons. The van der Waals surface area contributed by atoms with Crippen molar-refractivity contribution < 1.29 is 9.59 Å². The summed E-state index contributed by atoms with van der Waals surface area (Å²) in [5.74, 6) is -0.261. The first kappa shape index (κ1) is 16.7. The van der Waals surface area contributed by atoms with Crippen molar-refractivity contribution in [3.63, 3.8) is 0 Å². The maximum Gasteiger partial charge on any atom is 0.251 e. The van der Waals surface area contributed by atoms with E-state index in [4.69, 9.17) is 0 Å². The van der Waals surface area contributed by atoms with Crippen LogP contribution in [0.25, 0.3) is 0 Å².